The molecule has 3 N–H and O–H groups in total. The largest absolute Gasteiger partial charge is 0.495 e. The number of amides is 1. The second-order valence-electron chi connectivity index (χ2n) is 5.53. The van der Waals surface area contributed by atoms with Gasteiger partial charge >= 0.3 is 5.97 Å². The zero-order valence-electron chi connectivity index (χ0n) is 13.8. The third-order valence-corrected chi connectivity index (χ3v) is 5.16. The zero-order chi connectivity index (χ0) is 18.6. The molecule has 0 bridgehead atoms. The Balaban J connectivity index is 2.20. The molecule has 1 atom stereocenters. The van der Waals surface area contributed by atoms with Gasteiger partial charge in [0.2, 0.25) is 10.0 Å². The Kier molecular flexibility index (Phi) is 5.98. The van der Waals surface area contributed by atoms with Crippen LogP contribution in [0, 0.1) is 0 Å². The number of rotatable bonds is 9. The number of aliphatic carboxylic acids is 1. The molecule has 1 amide bonds. The summed E-state index contributed by atoms with van der Waals surface area (Å²) in [6.45, 7) is -0.251. The van der Waals surface area contributed by atoms with Crippen molar-refractivity contribution in [2.45, 2.75) is 29.9 Å². The normalized spacial score (nSPS) is 15.4. The molecular formula is C15H20N2O7S. The van der Waals surface area contributed by atoms with E-state index in [0.29, 0.717) is 0 Å². The third-order valence-electron chi connectivity index (χ3n) is 3.62. The van der Waals surface area contributed by atoms with Gasteiger partial charge < -0.3 is 19.9 Å². The monoisotopic (exact) mass is 372 g/mol. The molecule has 10 heteroatoms. The number of hydrogen-bond acceptors (Lipinski definition) is 6. The standard InChI is InChI=1S/C15H20N2O7S/c1-23-11-6-3-9(14(18)16-8-12(24-2)15(19)20)7-13(11)25(21,22)17-10-4-5-10/h3,6-7,10,12,17H,4-5,8H2,1-2H3,(H,16,18)(H,19,20). The summed E-state index contributed by atoms with van der Waals surface area (Å²) >= 11 is 0. The predicted octanol–water partition coefficient (Wildman–Crippen LogP) is -0.0347. The first-order chi connectivity index (χ1) is 11.8. The van der Waals surface area contributed by atoms with Crippen molar-refractivity contribution in [1.82, 2.24) is 10.0 Å². The van der Waals surface area contributed by atoms with E-state index in [1.165, 1.54) is 32.4 Å². The van der Waals surface area contributed by atoms with Crippen molar-refractivity contribution in [1.29, 1.82) is 0 Å². The molecule has 0 saturated heterocycles. The van der Waals surface area contributed by atoms with E-state index in [9.17, 15) is 18.0 Å². The molecule has 2 rings (SSSR count). The number of carboxylic acid groups (broad SMARTS) is 1. The minimum Gasteiger partial charge on any atom is -0.495 e. The maximum atomic E-state index is 12.4. The van der Waals surface area contributed by atoms with Gasteiger partial charge in [-0.25, -0.2) is 17.9 Å². The van der Waals surface area contributed by atoms with E-state index in [4.69, 9.17) is 14.6 Å². The lowest BCUT2D eigenvalue weighted by molar-refractivity contribution is -0.148. The highest BCUT2D eigenvalue weighted by molar-refractivity contribution is 7.89. The highest BCUT2D eigenvalue weighted by atomic mass is 32.2. The number of nitrogens with one attached hydrogen (secondary N) is 2. The van der Waals surface area contributed by atoms with E-state index in [2.05, 4.69) is 10.0 Å². The summed E-state index contributed by atoms with van der Waals surface area (Å²) in [6.07, 6.45) is 0.354. The van der Waals surface area contributed by atoms with Crippen molar-refractivity contribution in [2.75, 3.05) is 20.8 Å². The fourth-order valence-corrected chi connectivity index (χ4v) is 3.57. The van der Waals surface area contributed by atoms with Crippen molar-refractivity contribution in [3.63, 3.8) is 0 Å². The Morgan fingerprint density at radius 2 is 2.00 bits per heavy atom. The molecule has 0 heterocycles. The summed E-state index contributed by atoms with van der Waals surface area (Å²) in [5.41, 5.74) is 0.0669. The summed E-state index contributed by atoms with van der Waals surface area (Å²) in [6, 6.07) is 3.88. The van der Waals surface area contributed by atoms with E-state index < -0.39 is 28.0 Å². The smallest absolute Gasteiger partial charge is 0.334 e. The summed E-state index contributed by atoms with van der Waals surface area (Å²) < 4.78 is 37.2. The van der Waals surface area contributed by atoms with Crippen molar-refractivity contribution in [2.24, 2.45) is 0 Å². The number of carbonyl (C=O) groups is 2. The van der Waals surface area contributed by atoms with Gasteiger partial charge in [0.15, 0.2) is 6.10 Å². The lowest BCUT2D eigenvalue weighted by atomic mass is 10.2. The predicted molar refractivity (Wildman–Crippen MR) is 87.1 cm³/mol. The van der Waals surface area contributed by atoms with Crippen molar-refractivity contribution in [3.8, 4) is 5.75 Å². The summed E-state index contributed by atoms with van der Waals surface area (Å²) in [4.78, 5) is 22.9. The fourth-order valence-electron chi connectivity index (χ4n) is 2.07. The molecule has 1 fully saturated rings. The van der Waals surface area contributed by atoms with Gasteiger partial charge in [0.05, 0.1) is 13.7 Å². The summed E-state index contributed by atoms with van der Waals surface area (Å²) in [5, 5.41) is 11.3. The second-order valence-corrected chi connectivity index (χ2v) is 7.22. The Morgan fingerprint density at radius 1 is 1.32 bits per heavy atom. The molecule has 9 nitrogen and oxygen atoms in total. The van der Waals surface area contributed by atoms with Crippen LogP contribution in [-0.4, -0.2) is 58.3 Å². The number of benzene rings is 1. The van der Waals surface area contributed by atoms with Crippen LogP contribution in [0.1, 0.15) is 23.2 Å². The average Bonchev–Trinajstić information content (AvgIpc) is 3.37. The van der Waals surface area contributed by atoms with E-state index >= 15 is 0 Å². The second kappa shape index (κ2) is 7.81. The Morgan fingerprint density at radius 3 is 2.52 bits per heavy atom. The van der Waals surface area contributed by atoms with Crippen LogP contribution in [-0.2, 0) is 19.6 Å². The highest BCUT2D eigenvalue weighted by Gasteiger charge is 2.30. The molecule has 138 valence electrons. The maximum absolute atomic E-state index is 12.4. The first-order valence-electron chi connectivity index (χ1n) is 7.52. The van der Waals surface area contributed by atoms with Crippen LogP contribution in [0.4, 0.5) is 0 Å². The topological polar surface area (TPSA) is 131 Å². The number of hydrogen-bond donors (Lipinski definition) is 3. The van der Waals surface area contributed by atoms with Crippen LogP contribution in [0.15, 0.2) is 23.1 Å². The molecule has 1 aliphatic carbocycles. The maximum Gasteiger partial charge on any atom is 0.334 e. The molecule has 25 heavy (non-hydrogen) atoms. The van der Waals surface area contributed by atoms with E-state index in [0.717, 1.165) is 12.8 Å². The Labute approximate surface area is 145 Å². The van der Waals surface area contributed by atoms with Crippen LogP contribution < -0.4 is 14.8 Å². The van der Waals surface area contributed by atoms with Gasteiger partial charge in [-0.1, -0.05) is 0 Å². The lowest BCUT2D eigenvalue weighted by Gasteiger charge is -2.14. The van der Waals surface area contributed by atoms with Gasteiger partial charge in [-0.2, -0.15) is 0 Å². The van der Waals surface area contributed by atoms with Crippen LogP contribution in [0.3, 0.4) is 0 Å². The van der Waals surface area contributed by atoms with E-state index in [1.807, 2.05) is 0 Å². The molecule has 1 aliphatic rings. The average molecular weight is 372 g/mol. The van der Waals surface area contributed by atoms with Gasteiger partial charge in [0.25, 0.3) is 5.91 Å². The van der Waals surface area contributed by atoms with E-state index in [-0.39, 0.29) is 28.8 Å². The van der Waals surface area contributed by atoms with Gasteiger partial charge in [-0.15, -0.1) is 0 Å². The van der Waals surface area contributed by atoms with Crippen molar-refractivity contribution >= 4 is 21.9 Å². The minimum atomic E-state index is -3.82. The van der Waals surface area contributed by atoms with Crippen LogP contribution in [0.5, 0.6) is 5.75 Å². The van der Waals surface area contributed by atoms with Gasteiger partial charge in [-0.3, -0.25) is 4.79 Å². The van der Waals surface area contributed by atoms with Crippen LogP contribution >= 0.6 is 0 Å². The zero-order valence-corrected chi connectivity index (χ0v) is 14.6. The Hall–Kier alpha value is -2.17. The summed E-state index contributed by atoms with van der Waals surface area (Å²) in [7, 11) is -1.27. The number of carboxylic acids is 1. The molecular weight excluding hydrogens is 352 g/mol. The molecule has 1 saturated carbocycles. The third kappa shape index (κ3) is 4.91. The number of sulfonamides is 1. The molecule has 1 aromatic rings. The molecule has 1 unspecified atom stereocenters. The SMILES string of the molecule is COc1ccc(C(=O)NCC(OC)C(=O)O)cc1S(=O)(=O)NC1CC1. The van der Waals surface area contributed by atoms with Crippen LogP contribution in [0.2, 0.25) is 0 Å². The number of carbonyl (C=O) groups excluding carboxylic acids is 1. The van der Waals surface area contributed by atoms with Crippen molar-refractivity contribution < 1.29 is 32.6 Å². The minimum absolute atomic E-state index is 0.0669. The van der Waals surface area contributed by atoms with Gasteiger partial charge in [0, 0.05) is 18.7 Å². The molecule has 0 radical (unpaired) electrons. The molecule has 1 aromatic carbocycles. The number of ether oxygens (including phenoxy) is 2. The molecule has 0 aliphatic heterocycles. The van der Waals surface area contributed by atoms with Gasteiger partial charge in [-0.05, 0) is 31.0 Å². The van der Waals surface area contributed by atoms with Crippen molar-refractivity contribution in [3.05, 3.63) is 23.8 Å². The van der Waals surface area contributed by atoms with Gasteiger partial charge in [0.1, 0.15) is 10.6 Å². The molecule has 0 aromatic heterocycles. The quantitative estimate of drug-likeness (QED) is 0.554. The summed E-state index contributed by atoms with van der Waals surface area (Å²) in [5.74, 6) is -1.71. The lowest BCUT2D eigenvalue weighted by Crippen LogP contribution is -2.37. The highest BCUT2D eigenvalue weighted by Crippen LogP contribution is 2.28. The molecule has 0 spiro atoms. The number of methoxy groups -OCH3 is 2. The first-order valence-corrected chi connectivity index (χ1v) is 9.01. The Bertz CT molecular complexity index is 759. The fraction of sp³-hybridized carbons (Fsp3) is 0.467. The van der Waals surface area contributed by atoms with Crippen LogP contribution in [0.25, 0.3) is 0 Å². The van der Waals surface area contributed by atoms with E-state index in [1.54, 1.807) is 0 Å². The first kappa shape index (κ1) is 19.2.